The van der Waals surface area contributed by atoms with Gasteiger partial charge in [0, 0.05) is 12.6 Å². The molecule has 0 spiro atoms. The zero-order valence-electron chi connectivity index (χ0n) is 11.6. The first-order valence-electron chi connectivity index (χ1n) is 6.93. The van der Waals surface area contributed by atoms with Crippen LogP contribution in [0.1, 0.15) is 36.0 Å². The van der Waals surface area contributed by atoms with E-state index in [0.717, 1.165) is 25.7 Å². The van der Waals surface area contributed by atoms with Crippen LogP contribution in [0.3, 0.4) is 0 Å². The van der Waals surface area contributed by atoms with Crippen molar-refractivity contribution in [1.29, 1.82) is 0 Å². The Bertz CT molecular complexity index is 475. The number of methoxy groups -OCH3 is 1. The molecule has 110 valence electrons. The average molecular weight is 279 g/mol. The van der Waals surface area contributed by atoms with Crippen LogP contribution in [-0.4, -0.2) is 35.9 Å². The Kier molecular flexibility index (Phi) is 4.84. The third-order valence-corrected chi connectivity index (χ3v) is 3.76. The molecule has 0 aliphatic heterocycles. The van der Waals surface area contributed by atoms with Crippen LogP contribution in [0.5, 0.6) is 11.5 Å². The summed E-state index contributed by atoms with van der Waals surface area (Å²) in [6.45, 7) is 0.529. The maximum atomic E-state index is 12.0. The van der Waals surface area contributed by atoms with Gasteiger partial charge in [-0.2, -0.15) is 0 Å². The number of ether oxygens (including phenoxy) is 1. The molecule has 0 saturated heterocycles. The molecule has 1 aliphatic carbocycles. The molecule has 5 heteroatoms. The fourth-order valence-electron chi connectivity index (χ4n) is 2.61. The predicted molar refractivity (Wildman–Crippen MR) is 75.0 cm³/mol. The van der Waals surface area contributed by atoms with E-state index in [0.29, 0.717) is 18.2 Å². The minimum Gasteiger partial charge on any atom is -0.507 e. The third kappa shape index (κ3) is 3.63. The molecule has 3 N–H and O–H groups in total. The van der Waals surface area contributed by atoms with E-state index in [2.05, 4.69) is 5.32 Å². The van der Waals surface area contributed by atoms with E-state index in [9.17, 15) is 15.0 Å². The van der Waals surface area contributed by atoms with Crippen LogP contribution in [0.2, 0.25) is 0 Å². The molecule has 1 fully saturated rings. The SMILES string of the molecule is COc1ccc(C(=O)NCC2CCCC(O)C2)c(O)c1. The summed E-state index contributed by atoms with van der Waals surface area (Å²) in [5.41, 5.74) is 0.238. The molecule has 1 amide bonds. The molecule has 0 radical (unpaired) electrons. The van der Waals surface area contributed by atoms with Crippen LogP contribution < -0.4 is 10.1 Å². The van der Waals surface area contributed by atoms with Gasteiger partial charge in [0.15, 0.2) is 0 Å². The van der Waals surface area contributed by atoms with Crippen molar-refractivity contribution in [3.05, 3.63) is 23.8 Å². The van der Waals surface area contributed by atoms with E-state index in [1.807, 2.05) is 0 Å². The smallest absolute Gasteiger partial charge is 0.255 e. The Morgan fingerprint density at radius 2 is 2.25 bits per heavy atom. The number of phenols is 1. The lowest BCUT2D eigenvalue weighted by molar-refractivity contribution is 0.0872. The zero-order valence-corrected chi connectivity index (χ0v) is 11.6. The summed E-state index contributed by atoms with van der Waals surface area (Å²) in [4.78, 5) is 12.0. The second kappa shape index (κ2) is 6.61. The molecule has 1 aliphatic rings. The Morgan fingerprint density at radius 1 is 1.45 bits per heavy atom. The summed E-state index contributed by atoms with van der Waals surface area (Å²) in [6.07, 6.45) is 3.35. The second-order valence-corrected chi connectivity index (χ2v) is 5.28. The number of aliphatic hydroxyl groups is 1. The summed E-state index contributed by atoms with van der Waals surface area (Å²) in [7, 11) is 1.50. The van der Waals surface area contributed by atoms with Crippen molar-refractivity contribution in [2.45, 2.75) is 31.8 Å². The minimum absolute atomic E-state index is 0.0921. The fourth-order valence-corrected chi connectivity index (χ4v) is 2.61. The lowest BCUT2D eigenvalue weighted by Gasteiger charge is -2.25. The Morgan fingerprint density at radius 3 is 2.90 bits per heavy atom. The second-order valence-electron chi connectivity index (χ2n) is 5.28. The molecule has 0 aromatic heterocycles. The first-order chi connectivity index (χ1) is 9.60. The van der Waals surface area contributed by atoms with Gasteiger partial charge in [0.25, 0.3) is 5.91 Å². The highest BCUT2D eigenvalue weighted by Crippen LogP contribution is 2.25. The highest BCUT2D eigenvalue weighted by atomic mass is 16.5. The summed E-state index contributed by atoms with van der Waals surface area (Å²) >= 11 is 0. The topological polar surface area (TPSA) is 78.8 Å². The molecule has 0 heterocycles. The summed E-state index contributed by atoms with van der Waals surface area (Å²) in [5, 5.41) is 22.2. The van der Waals surface area contributed by atoms with Gasteiger partial charge in [0.1, 0.15) is 11.5 Å². The van der Waals surface area contributed by atoms with E-state index in [4.69, 9.17) is 4.74 Å². The maximum Gasteiger partial charge on any atom is 0.255 e. The first kappa shape index (κ1) is 14.7. The van der Waals surface area contributed by atoms with Gasteiger partial charge >= 0.3 is 0 Å². The molecule has 1 saturated carbocycles. The van der Waals surface area contributed by atoms with E-state index in [1.54, 1.807) is 12.1 Å². The van der Waals surface area contributed by atoms with Gasteiger partial charge in [0.2, 0.25) is 0 Å². The number of hydrogen-bond donors (Lipinski definition) is 3. The van der Waals surface area contributed by atoms with Crippen LogP contribution in [0.25, 0.3) is 0 Å². The van der Waals surface area contributed by atoms with Crippen molar-refractivity contribution in [2.24, 2.45) is 5.92 Å². The number of aliphatic hydroxyl groups excluding tert-OH is 1. The summed E-state index contributed by atoms with van der Waals surface area (Å²) < 4.78 is 4.98. The fraction of sp³-hybridized carbons (Fsp3) is 0.533. The van der Waals surface area contributed by atoms with E-state index in [1.165, 1.54) is 13.2 Å². The molecule has 2 rings (SSSR count). The zero-order chi connectivity index (χ0) is 14.5. The highest BCUT2D eigenvalue weighted by Gasteiger charge is 2.21. The van der Waals surface area contributed by atoms with Crippen molar-refractivity contribution in [3.8, 4) is 11.5 Å². The van der Waals surface area contributed by atoms with Crippen molar-refractivity contribution in [3.63, 3.8) is 0 Å². The van der Waals surface area contributed by atoms with Crippen molar-refractivity contribution in [1.82, 2.24) is 5.32 Å². The molecule has 0 bridgehead atoms. The van der Waals surface area contributed by atoms with Crippen LogP contribution in [0.4, 0.5) is 0 Å². The summed E-state index contributed by atoms with van der Waals surface area (Å²) in [6, 6.07) is 4.59. The van der Waals surface area contributed by atoms with Gasteiger partial charge < -0.3 is 20.3 Å². The number of hydrogen-bond acceptors (Lipinski definition) is 4. The van der Waals surface area contributed by atoms with Gasteiger partial charge in [-0.15, -0.1) is 0 Å². The monoisotopic (exact) mass is 279 g/mol. The van der Waals surface area contributed by atoms with Crippen LogP contribution in [-0.2, 0) is 0 Å². The molecule has 2 unspecified atom stereocenters. The van der Waals surface area contributed by atoms with Gasteiger partial charge in [-0.3, -0.25) is 4.79 Å². The van der Waals surface area contributed by atoms with Crippen LogP contribution >= 0.6 is 0 Å². The number of amides is 1. The van der Waals surface area contributed by atoms with Crippen molar-refractivity contribution < 1.29 is 19.7 Å². The van der Waals surface area contributed by atoms with Gasteiger partial charge in [-0.05, 0) is 37.3 Å². The molecule has 20 heavy (non-hydrogen) atoms. The molecular weight excluding hydrogens is 258 g/mol. The standard InChI is InChI=1S/C15H21NO4/c1-20-12-5-6-13(14(18)8-12)15(19)16-9-10-3-2-4-11(17)7-10/h5-6,8,10-11,17-18H,2-4,7,9H2,1H3,(H,16,19). The number of carbonyl (C=O) groups excluding carboxylic acids is 1. The first-order valence-corrected chi connectivity index (χ1v) is 6.93. The molecule has 1 aromatic rings. The lowest BCUT2D eigenvalue weighted by Crippen LogP contribution is -2.33. The van der Waals surface area contributed by atoms with E-state index < -0.39 is 0 Å². The molecular formula is C15H21NO4. The molecule has 2 atom stereocenters. The number of phenolic OH excluding ortho intramolecular Hbond substituents is 1. The quantitative estimate of drug-likeness (QED) is 0.783. The largest absolute Gasteiger partial charge is 0.507 e. The number of carbonyl (C=O) groups is 1. The molecule has 5 nitrogen and oxygen atoms in total. The molecule has 1 aromatic carbocycles. The number of benzene rings is 1. The summed E-state index contributed by atoms with van der Waals surface area (Å²) in [5.74, 6) is 0.424. The van der Waals surface area contributed by atoms with Gasteiger partial charge in [0.05, 0.1) is 18.8 Å². The van der Waals surface area contributed by atoms with Gasteiger partial charge in [-0.25, -0.2) is 0 Å². The van der Waals surface area contributed by atoms with Crippen molar-refractivity contribution in [2.75, 3.05) is 13.7 Å². The number of aromatic hydroxyl groups is 1. The predicted octanol–water partition coefficient (Wildman–Crippen LogP) is 1.68. The number of nitrogens with one attached hydrogen (secondary N) is 1. The van der Waals surface area contributed by atoms with Crippen LogP contribution in [0.15, 0.2) is 18.2 Å². The van der Waals surface area contributed by atoms with Gasteiger partial charge in [-0.1, -0.05) is 6.42 Å². The van der Waals surface area contributed by atoms with E-state index in [-0.39, 0.29) is 23.3 Å². The Balaban J connectivity index is 1.91. The Labute approximate surface area is 118 Å². The van der Waals surface area contributed by atoms with E-state index >= 15 is 0 Å². The minimum atomic E-state index is -0.301. The number of rotatable bonds is 4. The highest BCUT2D eigenvalue weighted by molar-refractivity contribution is 5.96. The Hall–Kier alpha value is -1.75. The van der Waals surface area contributed by atoms with Crippen molar-refractivity contribution >= 4 is 5.91 Å². The third-order valence-electron chi connectivity index (χ3n) is 3.76. The lowest BCUT2D eigenvalue weighted by atomic mass is 9.87. The average Bonchev–Trinajstić information content (AvgIpc) is 2.44. The van der Waals surface area contributed by atoms with Crippen LogP contribution in [0, 0.1) is 5.92 Å². The normalized spacial score (nSPS) is 22.3. The maximum absolute atomic E-state index is 12.0.